The number of nitrogens with zero attached hydrogens (tertiary/aromatic N) is 1. The van der Waals surface area contributed by atoms with Crippen LogP contribution in [-0.2, 0) is 12.8 Å². The lowest BCUT2D eigenvalue weighted by Gasteiger charge is -2.11. The van der Waals surface area contributed by atoms with Crippen LogP contribution in [0, 0.1) is 0 Å². The topological polar surface area (TPSA) is 59.4 Å². The van der Waals surface area contributed by atoms with Gasteiger partial charge in [-0.05, 0) is 37.3 Å². The number of fused-ring (bicyclic) bond motifs is 1. The highest BCUT2D eigenvalue weighted by atomic mass is 19.4. The maximum Gasteiger partial charge on any atom is 0.389 e. The summed E-state index contributed by atoms with van der Waals surface area (Å²) < 4.78 is 41.1. The molecule has 0 aromatic carbocycles. The third-order valence-corrected chi connectivity index (χ3v) is 3.09. The van der Waals surface area contributed by atoms with Crippen molar-refractivity contribution in [3.63, 3.8) is 0 Å². The van der Waals surface area contributed by atoms with E-state index in [1.54, 1.807) is 0 Å². The predicted molar refractivity (Wildman–Crippen MR) is 64.0 cm³/mol. The zero-order valence-electron chi connectivity index (χ0n) is 10.7. The molecule has 7 heteroatoms. The number of carboxylic acids is 1. The van der Waals surface area contributed by atoms with Crippen molar-refractivity contribution >= 4 is 5.97 Å². The lowest BCUT2D eigenvalue weighted by molar-refractivity contribution is -0.136. The number of alkyl halides is 3. The molecule has 0 fully saturated rings. The van der Waals surface area contributed by atoms with Gasteiger partial charge in [-0.3, -0.25) is 0 Å². The van der Waals surface area contributed by atoms with E-state index in [0.29, 0.717) is 0 Å². The zero-order chi connectivity index (χ0) is 14.8. The van der Waals surface area contributed by atoms with Gasteiger partial charge in [0.2, 0.25) is 5.88 Å². The Kier molecular flexibility index (Phi) is 4.15. The van der Waals surface area contributed by atoms with E-state index in [4.69, 9.17) is 9.84 Å². The lowest BCUT2D eigenvalue weighted by atomic mass is 10.1. The van der Waals surface area contributed by atoms with Gasteiger partial charge < -0.3 is 9.84 Å². The summed E-state index contributed by atoms with van der Waals surface area (Å²) in [6.07, 6.45) is -2.99. The van der Waals surface area contributed by atoms with Crippen LogP contribution in [0.2, 0.25) is 0 Å². The van der Waals surface area contributed by atoms with Crippen LogP contribution < -0.4 is 4.74 Å². The summed E-state index contributed by atoms with van der Waals surface area (Å²) in [7, 11) is 0. The van der Waals surface area contributed by atoms with Gasteiger partial charge in [0.05, 0.1) is 6.61 Å². The van der Waals surface area contributed by atoms with Crippen molar-refractivity contribution in [1.82, 2.24) is 4.98 Å². The molecular formula is C13H14F3NO3. The number of aromatic carboxylic acids is 1. The number of carboxylic acid groups (broad SMARTS) is 1. The number of ether oxygens (including phenoxy) is 1. The fourth-order valence-electron chi connectivity index (χ4n) is 2.16. The molecule has 1 aliphatic carbocycles. The minimum Gasteiger partial charge on any atom is -0.477 e. The van der Waals surface area contributed by atoms with Crippen LogP contribution in [0.4, 0.5) is 13.2 Å². The molecule has 110 valence electrons. The summed E-state index contributed by atoms with van der Waals surface area (Å²) in [5.74, 6) is -1.27. The molecule has 0 bridgehead atoms. The van der Waals surface area contributed by atoms with Crippen LogP contribution in [-0.4, -0.2) is 28.8 Å². The van der Waals surface area contributed by atoms with Gasteiger partial charge in [0.1, 0.15) is 5.56 Å². The molecule has 1 aromatic heterocycles. The average Bonchev–Trinajstić information content (AvgIpc) is 2.79. The second-order valence-electron chi connectivity index (χ2n) is 4.67. The third-order valence-electron chi connectivity index (χ3n) is 3.09. The van der Waals surface area contributed by atoms with Crippen LogP contribution in [0.1, 0.15) is 40.9 Å². The summed E-state index contributed by atoms with van der Waals surface area (Å²) in [4.78, 5) is 15.2. The third kappa shape index (κ3) is 3.61. The number of aryl methyl sites for hydroxylation is 2. The molecule has 1 aromatic rings. The lowest BCUT2D eigenvalue weighted by Crippen LogP contribution is -2.12. The van der Waals surface area contributed by atoms with Crippen molar-refractivity contribution in [1.29, 1.82) is 0 Å². The van der Waals surface area contributed by atoms with Gasteiger partial charge in [0.25, 0.3) is 0 Å². The molecule has 0 spiro atoms. The molecule has 0 atom stereocenters. The molecule has 1 heterocycles. The smallest absolute Gasteiger partial charge is 0.389 e. The summed E-state index contributed by atoms with van der Waals surface area (Å²) in [5, 5.41) is 9.08. The second-order valence-corrected chi connectivity index (χ2v) is 4.67. The van der Waals surface area contributed by atoms with E-state index < -0.39 is 18.6 Å². The highest BCUT2D eigenvalue weighted by molar-refractivity contribution is 5.90. The number of rotatable bonds is 5. The summed E-state index contributed by atoms with van der Waals surface area (Å²) in [5.41, 5.74) is 1.57. The van der Waals surface area contributed by atoms with Crippen molar-refractivity contribution in [2.75, 3.05) is 6.61 Å². The fourth-order valence-corrected chi connectivity index (χ4v) is 2.16. The molecule has 0 unspecified atom stereocenters. The van der Waals surface area contributed by atoms with E-state index >= 15 is 0 Å². The van der Waals surface area contributed by atoms with E-state index in [-0.39, 0.29) is 24.5 Å². The SMILES string of the molecule is O=C(O)c1cc2c(nc1OCCCC(F)(F)F)CCC2. The maximum absolute atomic E-state index is 12.0. The molecule has 2 rings (SSSR count). The predicted octanol–water partition coefficient (Wildman–Crippen LogP) is 2.99. The van der Waals surface area contributed by atoms with Crippen molar-refractivity contribution in [3.8, 4) is 5.88 Å². The van der Waals surface area contributed by atoms with Gasteiger partial charge in [-0.15, -0.1) is 0 Å². The Hall–Kier alpha value is -1.79. The minimum absolute atomic E-state index is 0.0830. The van der Waals surface area contributed by atoms with E-state index in [0.717, 1.165) is 30.5 Å². The van der Waals surface area contributed by atoms with Crippen LogP contribution in [0.15, 0.2) is 6.07 Å². The van der Waals surface area contributed by atoms with Gasteiger partial charge in [-0.2, -0.15) is 13.2 Å². The van der Waals surface area contributed by atoms with Gasteiger partial charge >= 0.3 is 12.1 Å². The minimum atomic E-state index is -4.23. The number of pyridine rings is 1. The Morgan fingerprint density at radius 1 is 1.40 bits per heavy atom. The van der Waals surface area contributed by atoms with Crippen LogP contribution in [0.3, 0.4) is 0 Å². The molecule has 20 heavy (non-hydrogen) atoms. The largest absolute Gasteiger partial charge is 0.477 e. The zero-order valence-corrected chi connectivity index (χ0v) is 10.7. The average molecular weight is 289 g/mol. The van der Waals surface area contributed by atoms with Crippen molar-refractivity contribution < 1.29 is 27.8 Å². The highest BCUT2D eigenvalue weighted by Gasteiger charge is 2.26. The molecular weight excluding hydrogens is 275 g/mol. The Morgan fingerprint density at radius 2 is 2.15 bits per heavy atom. The van der Waals surface area contributed by atoms with Gasteiger partial charge in [-0.25, -0.2) is 9.78 Å². The quantitative estimate of drug-likeness (QED) is 0.847. The number of hydrogen-bond acceptors (Lipinski definition) is 3. The number of halogens is 3. The van der Waals surface area contributed by atoms with Crippen LogP contribution in [0.5, 0.6) is 5.88 Å². The Bertz CT molecular complexity index is 514. The first-order valence-corrected chi connectivity index (χ1v) is 6.32. The number of aromatic nitrogens is 1. The Balaban J connectivity index is 2.05. The monoisotopic (exact) mass is 289 g/mol. The Labute approximate surface area is 113 Å². The normalized spacial score (nSPS) is 14.2. The molecule has 1 N–H and O–H groups in total. The first kappa shape index (κ1) is 14.6. The van der Waals surface area contributed by atoms with Gasteiger partial charge in [-0.1, -0.05) is 0 Å². The molecule has 1 aliphatic rings. The summed E-state index contributed by atoms with van der Waals surface area (Å²) in [6.45, 7) is -0.203. The highest BCUT2D eigenvalue weighted by Crippen LogP contribution is 2.27. The molecule has 0 saturated heterocycles. The van der Waals surface area contributed by atoms with E-state index in [1.807, 2.05) is 0 Å². The first-order valence-electron chi connectivity index (χ1n) is 6.32. The molecule has 0 saturated carbocycles. The van der Waals surface area contributed by atoms with Gasteiger partial charge in [0.15, 0.2) is 0 Å². The molecule has 4 nitrogen and oxygen atoms in total. The van der Waals surface area contributed by atoms with Crippen molar-refractivity contribution in [2.45, 2.75) is 38.3 Å². The second kappa shape index (κ2) is 5.68. The maximum atomic E-state index is 12.0. The summed E-state index contributed by atoms with van der Waals surface area (Å²) in [6, 6.07) is 1.51. The van der Waals surface area contributed by atoms with E-state index in [9.17, 15) is 18.0 Å². The first-order chi connectivity index (χ1) is 9.37. The molecule has 0 amide bonds. The van der Waals surface area contributed by atoms with E-state index in [1.165, 1.54) is 6.07 Å². The fraction of sp³-hybridized carbons (Fsp3) is 0.538. The summed E-state index contributed by atoms with van der Waals surface area (Å²) >= 11 is 0. The van der Waals surface area contributed by atoms with Crippen LogP contribution in [0.25, 0.3) is 0 Å². The van der Waals surface area contributed by atoms with Crippen LogP contribution >= 0.6 is 0 Å². The van der Waals surface area contributed by atoms with Crippen molar-refractivity contribution in [3.05, 3.63) is 22.9 Å². The van der Waals surface area contributed by atoms with Gasteiger partial charge in [0, 0.05) is 12.1 Å². The van der Waals surface area contributed by atoms with E-state index in [2.05, 4.69) is 4.98 Å². The number of carbonyl (C=O) groups is 1. The standard InChI is InChI=1S/C13H14F3NO3/c14-13(15,16)5-2-6-20-11-9(12(18)19)7-8-3-1-4-10(8)17-11/h7H,1-6H2,(H,18,19). The molecule has 0 radical (unpaired) electrons. The molecule has 0 aliphatic heterocycles. The number of hydrogen-bond donors (Lipinski definition) is 1. The Morgan fingerprint density at radius 3 is 2.80 bits per heavy atom. The van der Waals surface area contributed by atoms with Crippen molar-refractivity contribution in [2.24, 2.45) is 0 Å².